The van der Waals surface area contributed by atoms with Crippen LogP contribution in [-0.2, 0) is 9.53 Å². The van der Waals surface area contributed by atoms with Gasteiger partial charge in [-0.25, -0.2) is 0 Å². The molecule has 1 aliphatic rings. The van der Waals surface area contributed by atoms with Crippen LogP contribution < -0.4 is 0 Å². The first-order chi connectivity index (χ1) is 7.83. The fourth-order valence-corrected chi connectivity index (χ4v) is 2.54. The molecule has 0 aromatic carbocycles. The van der Waals surface area contributed by atoms with Gasteiger partial charge < -0.3 is 4.74 Å². The lowest BCUT2D eigenvalue weighted by atomic mass is 9.72. The van der Waals surface area contributed by atoms with Gasteiger partial charge in [0.1, 0.15) is 6.10 Å². The third kappa shape index (κ3) is 4.03. The summed E-state index contributed by atoms with van der Waals surface area (Å²) in [5.41, 5.74) is 3.12. The van der Waals surface area contributed by atoms with Crippen molar-refractivity contribution in [3.63, 3.8) is 0 Å². The predicted molar refractivity (Wildman–Crippen MR) is 70.7 cm³/mol. The van der Waals surface area contributed by atoms with Crippen LogP contribution in [0.5, 0.6) is 0 Å². The molecule has 0 aliphatic heterocycles. The maximum atomic E-state index is 10.8. The molecular formula is C15H24O2. The quantitative estimate of drug-likeness (QED) is 0.692. The zero-order valence-corrected chi connectivity index (χ0v) is 11.7. The van der Waals surface area contributed by atoms with Crippen LogP contribution in [0.2, 0.25) is 0 Å². The molecule has 0 amide bonds. The highest BCUT2D eigenvalue weighted by molar-refractivity contribution is 5.66. The number of ether oxygens (including phenoxy) is 1. The second-order valence-corrected chi connectivity index (χ2v) is 5.61. The SMILES string of the molecule is CC(=O)OC(C)/C=C\C1=C(C)CCCC1(C)C. The molecule has 0 heterocycles. The van der Waals surface area contributed by atoms with Gasteiger partial charge in [0.25, 0.3) is 0 Å². The molecule has 0 aromatic heterocycles. The molecule has 0 bridgehead atoms. The lowest BCUT2D eigenvalue weighted by Crippen LogP contribution is -2.19. The normalized spacial score (nSPS) is 21.7. The van der Waals surface area contributed by atoms with Crippen LogP contribution in [0, 0.1) is 5.41 Å². The number of hydrogen-bond donors (Lipinski definition) is 0. The number of carbonyl (C=O) groups is 1. The van der Waals surface area contributed by atoms with Gasteiger partial charge >= 0.3 is 5.97 Å². The van der Waals surface area contributed by atoms with Crippen molar-refractivity contribution in [1.29, 1.82) is 0 Å². The standard InChI is InChI=1S/C15H24O2/c1-11-7-6-10-15(4,5)14(11)9-8-12(2)17-13(3)16/h8-9,12H,6-7,10H2,1-5H3/b9-8-. The van der Waals surface area contributed by atoms with Crippen LogP contribution in [0.25, 0.3) is 0 Å². The fraction of sp³-hybridized carbons (Fsp3) is 0.667. The number of carbonyl (C=O) groups excluding carboxylic acids is 1. The Bertz CT molecular complexity index is 348. The lowest BCUT2D eigenvalue weighted by molar-refractivity contribution is -0.143. The van der Waals surface area contributed by atoms with Crippen molar-refractivity contribution in [2.24, 2.45) is 5.41 Å². The van der Waals surface area contributed by atoms with E-state index < -0.39 is 0 Å². The smallest absolute Gasteiger partial charge is 0.303 e. The Labute approximate surface area is 105 Å². The molecule has 0 saturated carbocycles. The van der Waals surface area contributed by atoms with Gasteiger partial charge in [-0.2, -0.15) is 0 Å². The summed E-state index contributed by atoms with van der Waals surface area (Å²) >= 11 is 0. The Morgan fingerprint density at radius 1 is 1.47 bits per heavy atom. The molecule has 0 aromatic rings. The minimum atomic E-state index is -0.226. The summed E-state index contributed by atoms with van der Waals surface area (Å²) in [5, 5.41) is 0. The second-order valence-electron chi connectivity index (χ2n) is 5.61. The third-order valence-corrected chi connectivity index (χ3v) is 3.43. The summed E-state index contributed by atoms with van der Waals surface area (Å²) in [6, 6.07) is 0. The van der Waals surface area contributed by atoms with Crippen molar-refractivity contribution < 1.29 is 9.53 Å². The Morgan fingerprint density at radius 3 is 2.65 bits per heavy atom. The highest BCUT2D eigenvalue weighted by atomic mass is 16.5. The maximum absolute atomic E-state index is 10.8. The largest absolute Gasteiger partial charge is 0.459 e. The Kier molecular flexibility index (Phi) is 4.55. The summed E-state index contributed by atoms with van der Waals surface area (Å²) in [5.74, 6) is -0.226. The highest BCUT2D eigenvalue weighted by Gasteiger charge is 2.26. The molecule has 0 radical (unpaired) electrons. The Balaban J connectivity index is 2.78. The molecule has 96 valence electrons. The summed E-state index contributed by atoms with van der Waals surface area (Å²) in [6.45, 7) is 10.1. The van der Waals surface area contributed by atoms with Crippen LogP contribution in [0.4, 0.5) is 0 Å². The van der Waals surface area contributed by atoms with Crippen molar-refractivity contribution in [3.8, 4) is 0 Å². The highest BCUT2D eigenvalue weighted by Crippen LogP contribution is 2.40. The van der Waals surface area contributed by atoms with E-state index in [0.29, 0.717) is 0 Å². The van der Waals surface area contributed by atoms with Gasteiger partial charge in [-0.1, -0.05) is 25.5 Å². The van der Waals surface area contributed by atoms with E-state index in [1.54, 1.807) is 0 Å². The number of hydrogen-bond acceptors (Lipinski definition) is 2. The second kappa shape index (κ2) is 5.52. The fourth-order valence-electron chi connectivity index (χ4n) is 2.54. The van der Waals surface area contributed by atoms with Crippen molar-refractivity contribution in [3.05, 3.63) is 23.3 Å². The number of rotatable bonds is 3. The van der Waals surface area contributed by atoms with Crippen molar-refractivity contribution in [1.82, 2.24) is 0 Å². The van der Waals surface area contributed by atoms with Crippen molar-refractivity contribution in [2.75, 3.05) is 0 Å². The van der Waals surface area contributed by atoms with Crippen LogP contribution in [0.1, 0.15) is 53.9 Å². The van der Waals surface area contributed by atoms with E-state index >= 15 is 0 Å². The molecule has 0 N–H and O–H groups in total. The molecule has 17 heavy (non-hydrogen) atoms. The first-order valence-corrected chi connectivity index (χ1v) is 6.38. The predicted octanol–water partition coefficient (Wildman–Crippen LogP) is 4.02. The van der Waals surface area contributed by atoms with Crippen molar-refractivity contribution >= 4 is 5.97 Å². The van der Waals surface area contributed by atoms with Gasteiger partial charge in [-0.3, -0.25) is 4.79 Å². The van der Waals surface area contributed by atoms with E-state index in [4.69, 9.17) is 4.74 Å². The average molecular weight is 236 g/mol. The van der Waals surface area contributed by atoms with Gasteiger partial charge in [-0.05, 0) is 50.2 Å². The maximum Gasteiger partial charge on any atom is 0.303 e. The van der Waals surface area contributed by atoms with E-state index in [2.05, 4.69) is 26.8 Å². The Morgan fingerprint density at radius 2 is 2.12 bits per heavy atom. The van der Waals surface area contributed by atoms with Gasteiger partial charge in [-0.15, -0.1) is 0 Å². The summed E-state index contributed by atoms with van der Waals surface area (Å²) in [6.07, 6.45) is 7.66. The molecule has 2 heteroatoms. The van der Waals surface area contributed by atoms with Gasteiger partial charge in [0.15, 0.2) is 0 Å². The summed E-state index contributed by atoms with van der Waals surface area (Å²) in [4.78, 5) is 10.8. The molecule has 1 rings (SSSR count). The zero-order valence-electron chi connectivity index (χ0n) is 11.7. The number of allylic oxidation sites excluding steroid dienone is 3. The van der Waals surface area contributed by atoms with E-state index in [9.17, 15) is 4.79 Å². The van der Waals surface area contributed by atoms with E-state index in [1.807, 2.05) is 13.0 Å². The minimum absolute atomic E-state index is 0.148. The lowest BCUT2D eigenvalue weighted by Gasteiger charge is -2.33. The molecular weight excluding hydrogens is 212 g/mol. The van der Waals surface area contributed by atoms with E-state index in [1.165, 1.54) is 37.3 Å². The van der Waals surface area contributed by atoms with Gasteiger partial charge in [0, 0.05) is 6.92 Å². The Hall–Kier alpha value is -1.05. The van der Waals surface area contributed by atoms with Gasteiger partial charge in [0.05, 0.1) is 0 Å². The number of esters is 1. The molecule has 0 spiro atoms. The topological polar surface area (TPSA) is 26.3 Å². The van der Waals surface area contributed by atoms with Gasteiger partial charge in [0.2, 0.25) is 0 Å². The third-order valence-electron chi connectivity index (χ3n) is 3.43. The molecule has 1 unspecified atom stereocenters. The zero-order chi connectivity index (χ0) is 13.1. The van der Waals surface area contributed by atoms with Crippen LogP contribution in [0.3, 0.4) is 0 Å². The minimum Gasteiger partial charge on any atom is -0.459 e. The van der Waals surface area contributed by atoms with Crippen LogP contribution in [0.15, 0.2) is 23.3 Å². The molecule has 2 nitrogen and oxygen atoms in total. The first-order valence-electron chi connectivity index (χ1n) is 6.38. The monoisotopic (exact) mass is 236 g/mol. The first kappa shape index (κ1) is 14.0. The molecule has 0 saturated heterocycles. The average Bonchev–Trinajstić information content (AvgIpc) is 2.14. The van der Waals surface area contributed by atoms with Crippen molar-refractivity contribution in [2.45, 2.75) is 60.0 Å². The summed E-state index contributed by atoms with van der Waals surface area (Å²) < 4.78 is 5.10. The van der Waals surface area contributed by atoms with Crippen LogP contribution >= 0.6 is 0 Å². The molecule has 0 fully saturated rings. The summed E-state index contributed by atoms with van der Waals surface area (Å²) in [7, 11) is 0. The van der Waals surface area contributed by atoms with Crippen LogP contribution in [-0.4, -0.2) is 12.1 Å². The van der Waals surface area contributed by atoms with E-state index in [-0.39, 0.29) is 17.5 Å². The molecule has 1 aliphatic carbocycles. The van der Waals surface area contributed by atoms with E-state index in [0.717, 1.165) is 0 Å². The molecule has 1 atom stereocenters.